The van der Waals surface area contributed by atoms with Crippen LogP contribution in [-0.4, -0.2) is 33.9 Å². The molecule has 0 saturated heterocycles. The van der Waals surface area contributed by atoms with E-state index in [0.717, 1.165) is 5.56 Å². The minimum absolute atomic E-state index is 0.177. The summed E-state index contributed by atoms with van der Waals surface area (Å²) in [5, 5.41) is 7.12. The number of pyridine rings is 1. The van der Waals surface area contributed by atoms with E-state index in [9.17, 15) is 9.59 Å². The van der Waals surface area contributed by atoms with Crippen LogP contribution in [0.2, 0.25) is 5.02 Å². The number of ether oxygens (including phenoxy) is 1. The standard InChI is InChI=1S/C24H21ClN6O3/c1-13(30-22-18-8-4-7-17(21(26)32)20(18)28-12-29-22)14-5-3-6-16(9-14)31-23(33)15-10-19(25)24(34-2)27-11-15/h3-13H,1-2H3,(H2,26,32)(H,31,33)(H,28,29,30)/t13-/m1/s1. The second-order valence-corrected chi connectivity index (χ2v) is 7.86. The highest BCUT2D eigenvalue weighted by atomic mass is 35.5. The number of carbonyl (C=O) groups excluding carboxylic acids is 2. The molecule has 2 aromatic carbocycles. The molecule has 9 nitrogen and oxygen atoms in total. The van der Waals surface area contributed by atoms with Crippen molar-refractivity contribution >= 4 is 45.8 Å². The van der Waals surface area contributed by atoms with E-state index < -0.39 is 5.91 Å². The Kier molecular flexibility index (Phi) is 6.55. The van der Waals surface area contributed by atoms with Gasteiger partial charge in [0.15, 0.2) is 0 Å². The van der Waals surface area contributed by atoms with Crippen molar-refractivity contribution in [2.75, 3.05) is 17.7 Å². The number of nitrogens with zero attached hydrogens (tertiary/aromatic N) is 3. The van der Waals surface area contributed by atoms with Gasteiger partial charge in [0.2, 0.25) is 5.88 Å². The number of fused-ring (bicyclic) bond motifs is 1. The fourth-order valence-corrected chi connectivity index (χ4v) is 3.72. The molecule has 0 spiro atoms. The van der Waals surface area contributed by atoms with Gasteiger partial charge in [0, 0.05) is 17.3 Å². The molecule has 0 fully saturated rings. The first-order valence-electron chi connectivity index (χ1n) is 10.3. The van der Waals surface area contributed by atoms with E-state index in [1.54, 1.807) is 18.2 Å². The van der Waals surface area contributed by atoms with Crippen molar-refractivity contribution in [1.29, 1.82) is 0 Å². The van der Waals surface area contributed by atoms with Crippen molar-refractivity contribution in [3.8, 4) is 5.88 Å². The van der Waals surface area contributed by atoms with Gasteiger partial charge in [-0.05, 0) is 42.8 Å². The fraction of sp³-hybridized carbons (Fsp3) is 0.125. The van der Waals surface area contributed by atoms with Crippen LogP contribution in [-0.2, 0) is 0 Å². The van der Waals surface area contributed by atoms with Crippen molar-refractivity contribution in [3.05, 3.63) is 82.8 Å². The van der Waals surface area contributed by atoms with Gasteiger partial charge in [-0.2, -0.15) is 0 Å². The molecule has 0 radical (unpaired) electrons. The number of nitrogens with two attached hydrogens (primary N) is 1. The van der Waals surface area contributed by atoms with Crippen LogP contribution in [0.15, 0.2) is 61.1 Å². The van der Waals surface area contributed by atoms with Gasteiger partial charge in [-0.25, -0.2) is 15.0 Å². The minimum atomic E-state index is -0.555. The van der Waals surface area contributed by atoms with Gasteiger partial charge in [0.05, 0.1) is 29.8 Å². The zero-order valence-electron chi connectivity index (χ0n) is 18.4. The number of aromatic nitrogens is 3. The quantitative estimate of drug-likeness (QED) is 0.364. The first-order valence-corrected chi connectivity index (χ1v) is 10.7. The number of amides is 2. The Morgan fingerprint density at radius 3 is 2.62 bits per heavy atom. The van der Waals surface area contributed by atoms with E-state index in [1.165, 1.54) is 25.7 Å². The number of primary amides is 1. The largest absolute Gasteiger partial charge is 0.480 e. The molecule has 0 aliphatic rings. The number of benzene rings is 2. The Balaban J connectivity index is 1.54. The van der Waals surface area contributed by atoms with E-state index in [0.29, 0.717) is 33.5 Å². The lowest BCUT2D eigenvalue weighted by Gasteiger charge is -2.17. The molecule has 10 heteroatoms. The number of para-hydroxylation sites is 1. The van der Waals surface area contributed by atoms with Crippen molar-refractivity contribution in [2.45, 2.75) is 13.0 Å². The lowest BCUT2D eigenvalue weighted by atomic mass is 10.1. The third-order valence-electron chi connectivity index (χ3n) is 5.19. The normalized spacial score (nSPS) is 11.6. The lowest BCUT2D eigenvalue weighted by molar-refractivity contribution is 0.0998. The van der Waals surface area contributed by atoms with Gasteiger partial charge < -0.3 is 21.1 Å². The second kappa shape index (κ2) is 9.72. The molecule has 4 aromatic rings. The molecule has 0 saturated carbocycles. The third kappa shape index (κ3) is 4.74. The maximum absolute atomic E-state index is 12.7. The summed E-state index contributed by atoms with van der Waals surface area (Å²) in [6, 6.07) is 13.9. The number of hydrogen-bond acceptors (Lipinski definition) is 7. The van der Waals surface area contributed by atoms with Crippen LogP contribution in [0.25, 0.3) is 10.9 Å². The molecule has 2 amide bonds. The molecule has 34 heavy (non-hydrogen) atoms. The molecule has 2 aromatic heterocycles. The predicted octanol–water partition coefficient (Wildman–Crippen LogP) is 4.21. The Morgan fingerprint density at radius 1 is 1.09 bits per heavy atom. The van der Waals surface area contributed by atoms with E-state index in [4.69, 9.17) is 22.1 Å². The zero-order chi connectivity index (χ0) is 24.2. The van der Waals surface area contributed by atoms with Crippen LogP contribution in [0.3, 0.4) is 0 Å². The molecular weight excluding hydrogens is 456 g/mol. The van der Waals surface area contributed by atoms with Crippen molar-refractivity contribution in [2.24, 2.45) is 5.73 Å². The summed E-state index contributed by atoms with van der Waals surface area (Å²) in [7, 11) is 1.45. The molecule has 0 bridgehead atoms. The van der Waals surface area contributed by atoms with E-state index in [2.05, 4.69) is 25.6 Å². The molecule has 0 unspecified atom stereocenters. The predicted molar refractivity (Wildman–Crippen MR) is 130 cm³/mol. The highest BCUT2D eigenvalue weighted by Gasteiger charge is 2.15. The average Bonchev–Trinajstić information content (AvgIpc) is 2.83. The number of hydrogen-bond donors (Lipinski definition) is 3. The maximum atomic E-state index is 12.7. The topological polar surface area (TPSA) is 132 Å². The van der Waals surface area contributed by atoms with Crippen molar-refractivity contribution in [1.82, 2.24) is 15.0 Å². The van der Waals surface area contributed by atoms with Crippen LogP contribution in [0.1, 0.15) is 39.2 Å². The van der Waals surface area contributed by atoms with Crippen LogP contribution >= 0.6 is 11.6 Å². The molecular formula is C24H21ClN6O3. The average molecular weight is 477 g/mol. The lowest BCUT2D eigenvalue weighted by Crippen LogP contribution is -2.14. The number of methoxy groups -OCH3 is 1. The molecule has 0 aliphatic carbocycles. The Morgan fingerprint density at radius 2 is 1.88 bits per heavy atom. The number of nitrogens with one attached hydrogen (secondary N) is 2. The van der Waals surface area contributed by atoms with Gasteiger partial charge in [-0.15, -0.1) is 0 Å². The van der Waals surface area contributed by atoms with Gasteiger partial charge in [0.1, 0.15) is 17.2 Å². The minimum Gasteiger partial charge on any atom is -0.480 e. The van der Waals surface area contributed by atoms with Crippen LogP contribution in [0, 0.1) is 0 Å². The van der Waals surface area contributed by atoms with Gasteiger partial charge in [-0.1, -0.05) is 29.8 Å². The molecule has 0 aliphatic heterocycles. The zero-order valence-corrected chi connectivity index (χ0v) is 19.1. The summed E-state index contributed by atoms with van der Waals surface area (Å²) in [5.41, 5.74) is 8.09. The van der Waals surface area contributed by atoms with E-state index >= 15 is 0 Å². The molecule has 2 heterocycles. The number of anilines is 2. The monoisotopic (exact) mass is 476 g/mol. The van der Waals surface area contributed by atoms with Gasteiger partial charge >= 0.3 is 0 Å². The number of carbonyl (C=O) groups is 2. The van der Waals surface area contributed by atoms with Crippen molar-refractivity contribution in [3.63, 3.8) is 0 Å². The SMILES string of the molecule is COc1ncc(C(=O)Nc2cccc([C@@H](C)Nc3ncnc4c(C(N)=O)cccc34)c2)cc1Cl. The first-order chi connectivity index (χ1) is 16.4. The third-order valence-corrected chi connectivity index (χ3v) is 5.46. The Bertz CT molecular complexity index is 1390. The molecule has 4 rings (SSSR count). The van der Waals surface area contributed by atoms with E-state index in [-0.39, 0.29) is 22.9 Å². The molecule has 172 valence electrons. The van der Waals surface area contributed by atoms with E-state index in [1.807, 2.05) is 31.2 Å². The molecule has 4 N–H and O–H groups in total. The summed E-state index contributed by atoms with van der Waals surface area (Å²) < 4.78 is 5.02. The Hall–Kier alpha value is -4.24. The van der Waals surface area contributed by atoms with Gasteiger partial charge in [-0.3, -0.25) is 9.59 Å². The summed E-state index contributed by atoms with van der Waals surface area (Å²) in [5.74, 6) is -0.0926. The summed E-state index contributed by atoms with van der Waals surface area (Å²) in [4.78, 5) is 37.0. The number of halogens is 1. The highest BCUT2D eigenvalue weighted by Crippen LogP contribution is 2.27. The highest BCUT2D eigenvalue weighted by molar-refractivity contribution is 6.32. The van der Waals surface area contributed by atoms with Crippen LogP contribution in [0.4, 0.5) is 11.5 Å². The van der Waals surface area contributed by atoms with Crippen LogP contribution in [0.5, 0.6) is 5.88 Å². The summed E-state index contributed by atoms with van der Waals surface area (Å²) in [6.07, 6.45) is 2.78. The van der Waals surface area contributed by atoms with Crippen molar-refractivity contribution < 1.29 is 14.3 Å². The molecule has 1 atom stereocenters. The smallest absolute Gasteiger partial charge is 0.257 e. The van der Waals surface area contributed by atoms with Gasteiger partial charge in [0.25, 0.3) is 11.8 Å². The maximum Gasteiger partial charge on any atom is 0.257 e. The summed E-state index contributed by atoms with van der Waals surface area (Å²) in [6.45, 7) is 1.96. The number of rotatable bonds is 7. The van der Waals surface area contributed by atoms with Crippen LogP contribution < -0.4 is 21.1 Å². The summed E-state index contributed by atoms with van der Waals surface area (Å²) >= 11 is 6.08. The Labute approximate surface area is 200 Å². The second-order valence-electron chi connectivity index (χ2n) is 7.45. The first kappa shape index (κ1) is 22.9. The fourth-order valence-electron chi connectivity index (χ4n) is 3.48.